The number of carbonyl (C=O) groups excluding carboxylic acids is 5. The third-order valence-corrected chi connectivity index (χ3v) is 7.87. The van der Waals surface area contributed by atoms with Gasteiger partial charge in [-0.3, -0.25) is 35.5 Å². The highest BCUT2D eigenvalue weighted by atomic mass is 32.2. The predicted octanol–water partition coefficient (Wildman–Crippen LogP) is -1.29. The Hall–Kier alpha value is -2.52. The molecule has 2 saturated heterocycles. The number of nitrogens with two attached hydrogens (primary N) is 2. The quantitative estimate of drug-likeness (QED) is 0.0680. The summed E-state index contributed by atoms with van der Waals surface area (Å²) in [5.41, 5.74) is 12.3. The Morgan fingerprint density at radius 1 is 1.16 bits per heavy atom. The number of ketones is 1. The van der Waals surface area contributed by atoms with Gasteiger partial charge in [0.2, 0.25) is 5.91 Å². The van der Waals surface area contributed by atoms with Crippen LogP contribution in [-0.2, 0) is 28.7 Å². The number of carbonyl (C=O) groups is 5. The van der Waals surface area contributed by atoms with Gasteiger partial charge in [0, 0.05) is 49.1 Å². The zero-order valence-corrected chi connectivity index (χ0v) is 21.7. The first-order chi connectivity index (χ1) is 17.6. The van der Waals surface area contributed by atoms with E-state index in [-0.39, 0.29) is 61.7 Å². The maximum Gasteiger partial charge on any atom is 0.315 e. The van der Waals surface area contributed by atoms with Crippen molar-refractivity contribution in [3.05, 3.63) is 12.2 Å². The van der Waals surface area contributed by atoms with Gasteiger partial charge in [-0.1, -0.05) is 6.42 Å². The molecule has 0 aromatic heterocycles. The highest BCUT2D eigenvalue weighted by molar-refractivity contribution is 8.00. The fraction of sp³-hybridized carbons (Fsp3) is 0.696. The average Bonchev–Trinajstić information content (AvgIpc) is 3.48. The summed E-state index contributed by atoms with van der Waals surface area (Å²) >= 11 is 1.80. The molecule has 5 amide bonds. The SMILES string of the molecule is CCOCCOC(C(=O)CCCC[C@@H]1SC[C@@H]2NC(=O)N[C@@H]21)C(N)(N)NC(=O)CCN1C(=O)C=CC1=O. The van der Waals surface area contributed by atoms with Crippen molar-refractivity contribution in [2.75, 3.05) is 32.1 Å². The largest absolute Gasteiger partial charge is 0.379 e. The molecule has 0 aliphatic carbocycles. The Bertz CT molecular complexity index is 896. The summed E-state index contributed by atoms with van der Waals surface area (Å²) in [7, 11) is 0. The van der Waals surface area contributed by atoms with Crippen molar-refractivity contribution in [2.45, 2.75) is 68.3 Å². The number of nitrogens with zero attached hydrogens (tertiary/aromatic N) is 1. The van der Waals surface area contributed by atoms with Crippen molar-refractivity contribution in [3.63, 3.8) is 0 Å². The first kappa shape index (κ1) is 29.0. The number of hydrogen-bond acceptors (Lipinski definition) is 10. The molecule has 14 heteroatoms. The molecule has 7 N–H and O–H groups in total. The lowest BCUT2D eigenvalue weighted by Crippen LogP contribution is -2.72. The lowest BCUT2D eigenvalue weighted by atomic mass is 9.99. The molecular weight excluding hydrogens is 504 g/mol. The molecule has 3 rings (SSSR count). The number of amides is 5. The molecule has 206 valence electrons. The Morgan fingerprint density at radius 3 is 2.59 bits per heavy atom. The number of nitrogens with one attached hydrogen (secondary N) is 3. The molecule has 3 aliphatic heterocycles. The highest BCUT2D eigenvalue weighted by Gasteiger charge is 2.43. The monoisotopic (exact) mass is 540 g/mol. The number of Topliss-reactive ketones (excluding diaryl/α,β-unsaturated/α-hetero) is 1. The fourth-order valence-corrected chi connectivity index (χ4v) is 6.06. The van der Waals surface area contributed by atoms with Crippen LogP contribution < -0.4 is 27.4 Å². The van der Waals surface area contributed by atoms with Crippen LogP contribution in [0.5, 0.6) is 0 Å². The summed E-state index contributed by atoms with van der Waals surface area (Å²) in [6.45, 7) is 2.41. The van der Waals surface area contributed by atoms with Crippen LogP contribution in [0.1, 0.15) is 39.0 Å². The Balaban J connectivity index is 1.48. The van der Waals surface area contributed by atoms with E-state index in [1.165, 1.54) is 0 Å². The van der Waals surface area contributed by atoms with Gasteiger partial charge in [0.15, 0.2) is 17.7 Å². The average molecular weight is 541 g/mol. The minimum atomic E-state index is -2.01. The van der Waals surface area contributed by atoms with Gasteiger partial charge in [-0.25, -0.2) is 4.79 Å². The molecule has 0 saturated carbocycles. The highest BCUT2D eigenvalue weighted by Crippen LogP contribution is 2.33. The van der Waals surface area contributed by atoms with Crippen molar-refractivity contribution < 1.29 is 33.4 Å². The third kappa shape index (κ3) is 7.98. The first-order valence-electron chi connectivity index (χ1n) is 12.5. The molecule has 0 spiro atoms. The van der Waals surface area contributed by atoms with E-state index in [4.69, 9.17) is 20.9 Å². The minimum absolute atomic E-state index is 0.0488. The number of unbranched alkanes of at least 4 members (excludes halogenated alkanes) is 1. The van der Waals surface area contributed by atoms with Crippen LogP contribution in [0, 0.1) is 0 Å². The summed E-state index contributed by atoms with van der Waals surface area (Å²) in [6, 6.07) is 0.103. The predicted molar refractivity (Wildman–Crippen MR) is 135 cm³/mol. The Kier molecular flexibility index (Phi) is 10.5. The van der Waals surface area contributed by atoms with E-state index in [1.807, 2.05) is 6.92 Å². The topological polar surface area (TPSA) is 195 Å². The zero-order valence-electron chi connectivity index (χ0n) is 20.9. The second kappa shape index (κ2) is 13.3. The number of thioether (sulfide) groups is 1. The lowest BCUT2D eigenvalue weighted by Gasteiger charge is -2.33. The van der Waals surface area contributed by atoms with Crippen molar-refractivity contribution in [2.24, 2.45) is 11.5 Å². The van der Waals surface area contributed by atoms with E-state index < -0.39 is 29.6 Å². The van der Waals surface area contributed by atoms with Crippen molar-refractivity contribution in [3.8, 4) is 0 Å². The first-order valence-corrected chi connectivity index (χ1v) is 13.5. The summed E-state index contributed by atoms with van der Waals surface area (Å²) in [5.74, 6) is -3.15. The molecule has 13 nitrogen and oxygen atoms in total. The molecule has 0 aromatic carbocycles. The van der Waals surface area contributed by atoms with Crippen molar-refractivity contribution in [1.82, 2.24) is 20.9 Å². The number of hydrogen-bond donors (Lipinski definition) is 5. The Labute approximate surface area is 219 Å². The molecule has 0 radical (unpaired) electrons. The standard InChI is InChI=1S/C23H36N6O7S/c1-2-35-11-12-36-21(23(24,25)28-17(31)9-10-29-18(32)7-8-19(29)33)15(30)5-3-4-6-16-20-14(13-37-16)26-22(34)27-20/h7-8,14,16,20-21H,2-6,9-13,24-25H2,1H3,(H,28,31)(H2,26,27,34)/t14-,16-,20-,21?/m0/s1. The van der Waals surface area contributed by atoms with Gasteiger partial charge in [-0.05, 0) is 19.8 Å². The molecule has 4 atom stereocenters. The number of urea groups is 1. The van der Waals surface area contributed by atoms with Gasteiger partial charge in [0.25, 0.3) is 11.8 Å². The van der Waals surface area contributed by atoms with E-state index in [1.54, 1.807) is 11.8 Å². The van der Waals surface area contributed by atoms with E-state index in [0.29, 0.717) is 13.0 Å². The van der Waals surface area contributed by atoms with Gasteiger partial charge in [0.05, 0.1) is 25.3 Å². The van der Waals surface area contributed by atoms with Gasteiger partial charge < -0.3 is 25.4 Å². The van der Waals surface area contributed by atoms with Crippen LogP contribution in [0.4, 0.5) is 4.79 Å². The number of imide groups is 1. The molecule has 1 unspecified atom stereocenters. The number of fused-ring (bicyclic) bond motifs is 1. The summed E-state index contributed by atoms with van der Waals surface area (Å²) in [6.07, 6.45) is 3.00. The second-order valence-electron chi connectivity index (χ2n) is 9.17. The molecule has 37 heavy (non-hydrogen) atoms. The van der Waals surface area contributed by atoms with Crippen LogP contribution in [0.3, 0.4) is 0 Å². The van der Waals surface area contributed by atoms with Crippen LogP contribution in [0.15, 0.2) is 12.2 Å². The molecular formula is C23H36N6O7S. The van der Waals surface area contributed by atoms with Gasteiger partial charge in [0.1, 0.15) is 0 Å². The summed E-state index contributed by atoms with van der Waals surface area (Å²) in [4.78, 5) is 61.3. The van der Waals surface area contributed by atoms with Gasteiger partial charge in [-0.2, -0.15) is 11.8 Å². The molecule has 0 bridgehead atoms. The molecule has 3 heterocycles. The van der Waals surface area contributed by atoms with E-state index in [0.717, 1.165) is 35.6 Å². The second-order valence-corrected chi connectivity index (χ2v) is 10.4. The summed E-state index contributed by atoms with van der Waals surface area (Å²) < 4.78 is 10.9. The molecule has 0 aromatic rings. The number of rotatable bonds is 16. The Morgan fingerprint density at radius 2 is 1.89 bits per heavy atom. The van der Waals surface area contributed by atoms with Crippen molar-refractivity contribution >= 4 is 41.3 Å². The van der Waals surface area contributed by atoms with Crippen LogP contribution in [0.2, 0.25) is 0 Å². The maximum atomic E-state index is 13.1. The summed E-state index contributed by atoms with van der Waals surface area (Å²) in [5, 5.41) is 8.55. The van der Waals surface area contributed by atoms with Crippen LogP contribution in [-0.4, -0.2) is 95.8 Å². The normalized spacial score (nSPS) is 23.7. The van der Waals surface area contributed by atoms with E-state index in [2.05, 4.69) is 16.0 Å². The maximum absolute atomic E-state index is 13.1. The third-order valence-electron chi connectivity index (χ3n) is 6.36. The van der Waals surface area contributed by atoms with Crippen LogP contribution in [0.25, 0.3) is 0 Å². The minimum Gasteiger partial charge on any atom is -0.379 e. The zero-order chi connectivity index (χ0) is 27.0. The van der Waals surface area contributed by atoms with Gasteiger partial charge >= 0.3 is 6.03 Å². The lowest BCUT2D eigenvalue weighted by molar-refractivity contribution is -0.140. The van der Waals surface area contributed by atoms with Gasteiger partial charge in [-0.15, -0.1) is 0 Å². The molecule has 2 fully saturated rings. The fourth-order valence-electron chi connectivity index (χ4n) is 4.52. The van der Waals surface area contributed by atoms with E-state index >= 15 is 0 Å². The molecule has 3 aliphatic rings. The van der Waals surface area contributed by atoms with Crippen LogP contribution >= 0.6 is 11.8 Å². The smallest absolute Gasteiger partial charge is 0.315 e. The van der Waals surface area contributed by atoms with E-state index in [9.17, 15) is 24.0 Å². The number of ether oxygens (including phenoxy) is 2. The van der Waals surface area contributed by atoms with Crippen molar-refractivity contribution in [1.29, 1.82) is 0 Å².